The summed E-state index contributed by atoms with van der Waals surface area (Å²) in [5.74, 6) is 0. The molecule has 3 aliphatic rings. The van der Waals surface area contributed by atoms with Gasteiger partial charge in [0.15, 0.2) is 0 Å². The molecule has 0 aromatic heterocycles. The summed E-state index contributed by atoms with van der Waals surface area (Å²) in [5, 5.41) is 10.1. The first-order chi connectivity index (χ1) is 9.86. The molecule has 0 atom stereocenters. The Bertz CT molecular complexity index is 830. The van der Waals surface area contributed by atoms with Gasteiger partial charge in [-0.25, -0.2) is 4.98 Å². The molecule has 3 nitrogen and oxygen atoms in total. The van der Waals surface area contributed by atoms with E-state index in [1.807, 2.05) is 30.5 Å². The molecule has 0 fully saturated rings. The molecule has 0 N–H and O–H groups in total. The fourth-order valence-electron chi connectivity index (χ4n) is 3.11. The molecule has 1 aliphatic carbocycles. The second-order valence-electron chi connectivity index (χ2n) is 5.30. The third-order valence-electron chi connectivity index (χ3n) is 4.10. The third kappa shape index (κ3) is 1.58. The van der Waals surface area contributed by atoms with Crippen LogP contribution in [-0.2, 0) is 12.8 Å². The van der Waals surface area contributed by atoms with Gasteiger partial charge in [-0.3, -0.25) is 4.98 Å². The average molecular weight is 259 g/mol. The van der Waals surface area contributed by atoms with Gasteiger partial charge in [0.1, 0.15) is 0 Å². The van der Waals surface area contributed by atoms with Crippen molar-refractivity contribution in [3.8, 4) is 17.3 Å². The molecule has 0 saturated carbocycles. The van der Waals surface area contributed by atoms with Gasteiger partial charge in [-0.2, -0.15) is 5.26 Å². The molecule has 0 spiro atoms. The van der Waals surface area contributed by atoms with Gasteiger partial charge < -0.3 is 0 Å². The van der Waals surface area contributed by atoms with Crippen LogP contribution in [0.2, 0.25) is 0 Å². The van der Waals surface area contributed by atoms with Crippen molar-refractivity contribution >= 4 is 10.9 Å². The summed E-state index contributed by atoms with van der Waals surface area (Å²) in [7, 11) is 0. The minimum Gasteiger partial charge on any atom is -0.261 e. The topological polar surface area (TPSA) is 49.6 Å². The van der Waals surface area contributed by atoms with Crippen LogP contribution in [0.3, 0.4) is 0 Å². The summed E-state index contributed by atoms with van der Waals surface area (Å²) in [6.45, 7) is 0. The summed E-state index contributed by atoms with van der Waals surface area (Å²) in [5.41, 5.74) is 6.33. The first-order valence-electron chi connectivity index (χ1n) is 6.97. The predicted molar refractivity (Wildman–Crippen MR) is 77.5 cm³/mol. The lowest BCUT2D eigenvalue weighted by atomic mass is 9.93. The first-order valence-corrected chi connectivity index (χ1v) is 6.97. The highest BCUT2D eigenvalue weighted by atomic mass is 14.8. The minimum atomic E-state index is 0.681. The van der Waals surface area contributed by atoms with Crippen molar-refractivity contribution in [2.24, 2.45) is 0 Å². The van der Waals surface area contributed by atoms with E-state index in [9.17, 15) is 0 Å². The van der Waals surface area contributed by atoms with E-state index < -0.39 is 0 Å². The third-order valence-corrected chi connectivity index (χ3v) is 4.10. The van der Waals surface area contributed by atoms with Gasteiger partial charge in [0.05, 0.1) is 22.8 Å². The molecule has 3 heteroatoms. The summed E-state index contributed by atoms with van der Waals surface area (Å²) < 4.78 is 0. The number of hydrogen-bond acceptors (Lipinski definition) is 3. The summed E-state index contributed by atoms with van der Waals surface area (Å²) in [6, 6.07) is 9.94. The number of aryl methyl sites for hydroxylation is 1. The van der Waals surface area contributed by atoms with Crippen LogP contribution < -0.4 is 0 Å². The van der Waals surface area contributed by atoms with Gasteiger partial charge in [-0.15, -0.1) is 0 Å². The fraction of sp³-hybridized carbons (Fsp3) is 0.235. The molecule has 96 valence electrons. The fourth-order valence-corrected chi connectivity index (χ4v) is 3.11. The lowest BCUT2D eigenvalue weighted by molar-refractivity contribution is 0.671. The Morgan fingerprint density at radius 1 is 1.10 bits per heavy atom. The van der Waals surface area contributed by atoms with E-state index >= 15 is 0 Å². The monoisotopic (exact) mass is 259 g/mol. The van der Waals surface area contributed by atoms with Crippen LogP contribution in [0.15, 0.2) is 30.5 Å². The van der Waals surface area contributed by atoms with E-state index in [-0.39, 0.29) is 0 Å². The molecule has 4 rings (SSSR count). The Hall–Kier alpha value is -2.47. The Kier molecular flexibility index (Phi) is 2.43. The van der Waals surface area contributed by atoms with Crippen molar-refractivity contribution in [3.05, 3.63) is 47.3 Å². The van der Waals surface area contributed by atoms with Crippen molar-refractivity contribution in [1.29, 1.82) is 5.26 Å². The Morgan fingerprint density at radius 2 is 2.00 bits per heavy atom. The molecule has 1 aromatic carbocycles. The molecule has 0 bridgehead atoms. The Labute approximate surface area is 117 Å². The van der Waals surface area contributed by atoms with E-state index in [0.717, 1.165) is 35.0 Å². The highest BCUT2D eigenvalue weighted by Crippen LogP contribution is 2.36. The van der Waals surface area contributed by atoms with Crippen molar-refractivity contribution in [2.45, 2.75) is 25.7 Å². The highest BCUT2D eigenvalue weighted by Gasteiger charge is 2.20. The lowest BCUT2D eigenvalue weighted by Crippen LogP contribution is -2.04. The number of rotatable bonds is 0. The number of benzene rings is 1. The van der Waals surface area contributed by atoms with Gasteiger partial charge in [-0.1, -0.05) is 0 Å². The Balaban J connectivity index is 2.08. The molecule has 0 saturated heterocycles. The van der Waals surface area contributed by atoms with Crippen molar-refractivity contribution in [1.82, 2.24) is 9.97 Å². The summed E-state index contributed by atoms with van der Waals surface area (Å²) in [6.07, 6.45) is 6.41. The van der Waals surface area contributed by atoms with Gasteiger partial charge >= 0.3 is 0 Å². The standard InChI is InChI=1S/C17H13N3/c18-10-11-5-6-16-14(9-11)12-7-8-19-15-4-2-1-3-13(15)17(12)20-16/h5-9H,1-4H2. The minimum absolute atomic E-state index is 0.681. The van der Waals surface area contributed by atoms with E-state index in [2.05, 4.69) is 11.1 Å². The van der Waals surface area contributed by atoms with Crippen LogP contribution in [0, 0.1) is 11.3 Å². The summed E-state index contributed by atoms with van der Waals surface area (Å²) in [4.78, 5) is 9.37. The predicted octanol–water partition coefficient (Wildman–Crippen LogP) is 3.49. The Morgan fingerprint density at radius 3 is 2.90 bits per heavy atom. The number of nitriles is 1. The maximum atomic E-state index is 9.07. The SMILES string of the molecule is N#Cc1ccc2nc3c4c(nccc-3c2c1)CCCC4. The largest absolute Gasteiger partial charge is 0.261 e. The molecule has 0 amide bonds. The van der Waals surface area contributed by atoms with Crippen LogP contribution in [0.5, 0.6) is 0 Å². The van der Waals surface area contributed by atoms with Crippen molar-refractivity contribution < 1.29 is 0 Å². The zero-order valence-electron chi connectivity index (χ0n) is 11.1. The van der Waals surface area contributed by atoms with E-state index in [1.54, 1.807) is 0 Å². The maximum Gasteiger partial charge on any atom is 0.0991 e. The number of nitrogens with zero attached hydrogens (tertiary/aromatic N) is 3. The van der Waals surface area contributed by atoms with E-state index in [4.69, 9.17) is 10.2 Å². The average Bonchev–Trinajstić information content (AvgIpc) is 2.75. The van der Waals surface area contributed by atoms with E-state index in [0.29, 0.717) is 5.56 Å². The molecule has 20 heavy (non-hydrogen) atoms. The second kappa shape index (κ2) is 4.28. The van der Waals surface area contributed by atoms with Crippen LogP contribution in [0.4, 0.5) is 0 Å². The van der Waals surface area contributed by atoms with Crippen LogP contribution in [0.1, 0.15) is 29.7 Å². The second-order valence-corrected chi connectivity index (χ2v) is 5.30. The smallest absolute Gasteiger partial charge is 0.0991 e. The van der Waals surface area contributed by atoms with Crippen molar-refractivity contribution in [2.75, 3.05) is 0 Å². The quantitative estimate of drug-likeness (QED) is 0.621. The highest BCUT2D eigenvalue weighted by molar-refractivity contribution is 5.98. The molecule has 1 aromatic rings. The first kappa shape index (κ1) is 11.4. The molecular formula is C17H13N3. The maximum absolute atomic E-state index is 9.07. The normalized spacial score (nSPS) is 14.2. The lowest BCUT2D eigenvalue weighted by Gasteiger charge is -2.13. The number of fused-ring (bicyclic) bond motifs is 5. The van der Waals surface area contributed by atoms with Crippen LogP contribution >= 0.6 is 0 Å². The van der Waals surface area contributed by atoms with Gasteiger partial charge in [-0.05, 0) is 55.5 Å². The van der Waals surface area contributed by atoms with Gasteiger partial charge in [0, 0.05) is 22.8 Å². The molecule has 0 radical (unpaired) electrons. The molecule has 2 aliphatic heterocycles. The number of aromatic nitrogens is 2. The molecule has 2 heterocycles. The van der Waals surface area contributed by atoms with E-state index in [1.165, 1.54) is 24.1 Å². The van der Waals surface area contributed by atoms with Crippen LogP contribution in [-0.4, -0.2) is 9.97 Å². The van der Waals surface area contributed by atoms with Gasteiger partial charge in [0.25, 0.3) is 0 Å². The molecular weight excluding hydrogens is 246 g/mol. The van der Waals surface area contributed by atoms with Crippen LogP contribution in [0.25, 0.3) is 22.2 Å². The number of hydrogen-bond donors (Lipinski definition) is 0. The van der Waals surface area contributed by atoms with Crippen molar-refractivity contribution in [3.63, 3.8) is 0 Å². The molecule has 0 unspecified atom stereocenters. The zero-order chi connectivity index (χ0) is 13.5. The summed E-state index contributed by atoms with van der Waals surface area (Å²) >= 11 is 0. The zero-order valence-corrected chi connectivity index (χ0v) is 11.1. The van der Waals surface area contributed by atoms with Gasteiger partial charge in [0.2, 0.25) is 0 Å².